The van der Waals surface area contributed by atoms with Gasteiger partial charge in [-0.15, -0.1) is 0 Å². The van der Waals surface area contributed by atoms with Gasteiger partial charge in [-0.25, -0.2) is 0 Å². The molecule has 5 nitrogen and oxygen atoms in total. The molecular formula is C23H23N3O2. The van der Waals surface area contributed by atoms with E-state index in [2.05, 4.69) is 11.4 Å². The maximum atomic E-state index is 13.2. The first-order valence-corrected chi connectivity index (χ1v) is 9.28. The number of carbonyl (C=O) groups is 2. The smallest absolute Gasteiger partial charge is 0.271 e. The molecule has 1 atom stereocenters. The summed E-state index contributed by atoms with van der Waals surface area (Å²) >= 11 is 0. The van der Waals surface area contributed by atoms with Gasteiger partial charge in [0, 0.05) is 13.5 Å². The van der Waals surface area contributed by atoms with Crippen LogP contribution in [0.5, 0.6) is 0 Å². The Morgan fingerprint density at radius 1 is 1.11 bits per heavy atom. The van der Waals surface area contributed by atoms with Crippen molar-refractivity contribution >= 4 is 17.4 Å². The lowest BCUT2D eigenvalue weighted by Gasteiger charge is -2.44. The van der Waals surface area contributed by atoms with Crippen molar-refractivity contribution < 1.29 is 9.59 Å². The number of allylic oxidation sites excluding steroid dienone is 1. The van der Waals surface area contributed by atoms with Gasteiger partial charge in [-0.3, -0.25) is 9.59 Å². The summed E-state index contributed by atoms with van der Waals surface area (Å²) in [5.74, 6) is -0.452. The monoisotopic (exact) mass is 373 g/mol. The maximum Gasteiger partial charge on any atom is 0.271 e. The SMILES string of the molecule is CCC1(Cc2ccccc2)C(=O)NC(=C(C)c2ccccc2C#N)C(=O)N1C. The van der Waals surface area contributed by atoms with E-state index in [1.54, 1.807) is 37.1 Å². The summed E-state index contributed by atoms with van der Waals surface area (Å²) in [6.45, 7) is 3.67. The van der Waals surface area contributed by atoms with Crippen LogP contribution in [0.3, 0.4) is 0 Å². The van der Waals surface area contributed by atoms with Crippen LogP contribution in [-0.2, 0) is 16.0 Å². The molecule has 1 N–H and O–H groups in total. The van der Waals surface area contributed by atoms with Crippen molar-refractivity contribution in [1.29, 1.82) is 5.26 Å². The van der Waals surface area contributed by atoms with Gasteiger partial charge in [0.25, 0.3) is 11.8 Å². The van der Waals surface area contributed by atoms with Crippen molar-refractivity contribution in [1.82, 2.24) is 10.2 Å². The summed E-state index contributed by atoms with van der Waals surface area (Å²) in [5.41, 5.74) is 1.98. The van der Waals surface area contributed by atoms with E-state index < -0.39 is 5.54 Å². The van der Waals surface area contributed by atoms with Crippen LogP contribution in [-0.4, -0.2) is 29.3 Å². The Labute approximate surface area is 165 Å². The molecule has 1 aliphatic heterocycles. The molecule has 28 heavy (non-hydrogen) atoms. The van der Waals surface area contributed by atoms with Crippen molar-refractivity contribution in [3.8, 4) is 6.07 Å². The van der Waals surface area contributed by atoms with Crippen LogP contribution in [0.1, 0.15) is 37.0 Å². The molecule has 1 fully saturated rings. The third kappa shape index (κ3) is 3.18. The van der Waals surface area contributed by atoms with Gasteiger partial charge in [0.05, 0.1) is 11.6 Å². The van der Waals surface area contributed by atoms with E-state index in [-0.39, 0.29) is 17.5 Å². The third-order valence-electron chi connectivity index (χ3n) is 5.57. The molecule has 0 radical (unpaired) electrons. The van der Waals surface area contributed by atoms with Crippen molar-refractivity contribution in [2.45, 2.75) is 32.2 Å². The molecule has 0 aromatic heterocycles. The van der Waals surface area contributed by atoms with Crippen LogP contribution in [0.25, 0.3) is 5.57 Å². The summed E-state index contributed by atoms with van der Waals surface area (Å²) in [4.78, 5) is 28.0. The first-order valence-electron chi connectivity index (χ1n) is 9.28. The Balaban J connectivity index is 2.03. The lowest BCUT2D eigenvalue weighted by Crippen LogP contribution is -2.65. The van der Waals surface area contributed by atoms with Gasteiger partial charge < -0.3 is 10.2 Å². The highest BCUT2D eigenvalue weighted by Gasteiger charge is 2.48. The fourth-order valence-corrected chi connectivity index (χ4v) is 3.75. The number of likely N-dealkylation sites (N-methyl/N-ethyl adjacent to an activating group) is 1. The number of piperazine rings is 1. The van der Waals surface area contributed by atoms with E-state index >= 15 is 0 Å². The van der Waals surface area contributed by atoms with Gasteiger partial charge in [-0.2, -0.15) is 5.26 Å². The molecule has 1 saturated heterocycles. The standard InChI is InChI=1S/C23H23N3O2/c1-4-23(14-17-10-6-5-7-11-17)22(28)25-20(21(27)26(23)3)16(2)19-13-9-8-12-18(19)15-24/h5-13H,4,14H2,1-3H3,(H,25,28). The zero-order valence-electron chi connectivity index (χ0n) is 16.3. The van der Waals surface area contributed by atoms with Gasteiger partial charge >= 0.3 is 0 Å². The van der Waals surface area contributed by atoms with Crippen LogP contribution in [0, 0.1) is 11.3 Å². The zero-order valence-corrected chi connectivity index (χ0v) is 16.3. The fraction of sp³-hybridized carbons (Fsp3) is 0.261. The van der Waals surface area contributed by atoms with Crippen LogP contribution in [0.4, 0.5) is 0 Å². The number of nitrogens with one attached hydrogen (secondary N) is 1. The quantitative estimate of drug-likeness (QED) is 0.836. The average Bonchev–Trinajstić information content (AvgIpc) is 2.74. The number of nitriles is 1. The predicted octanol–water partition coefficient (Wildman–Crippen LogP) is 3.27. The number of carbonyl (C=O) groups excluding carboxylic acids is 2. The van der Waals surface area contributed by atoms with E-state index in [1.807, 2.05) is 43.3 Å². The fourth-order valence-electron chi connectivity index (χ4n) is 3.75. The number of hydrogen-bond acceptors (Lipinski definition) is 3. The number of amides is 2. The Morgan fingerprint density at radius 3 is 2.39 bits per heavy atom. The van der Waals surface area contributed by atoms with E-state index in [1.165, 1.54) is 0 Å². The van der Waals surface area contributed by atoms with Crippen LogP contribution in [0.15, 0.2) is 60.3 Å². The number of benzene rings is 2. The Morgan fingerprint density at radius 2 is 1.75 bits per heavy atom. The minimum Gasteiger partial charge on any atom is -0.325 e. The van der Waals surface area contributed by atoms with Gasteiger partial charge in [-0.05, 0) is 36.1 Å². The Hall–Kier alpha value is -3.39. The van der Waals surface area contributed by atoms with Crippen molar-refractivity contribution in [3.63, 3.8) is 0 Å². The summed E-state index contributed by atoms with van der Waals surface area (Å²) in [6.07, 6.45) is 0.941. The molecule has 2 aromatic carbocycles. The second-order valence-electron chi connectivity index (χ2n) is 7.02. The topological polar surface area (TPSA) is 73.2 Å². The maximum absolute atomic E-state index is 13.2. The molecule has 5 heteroatoms. The van der Waals surface area contributed by atoms with E-state index in [4.69, 9.17) is 0 Å². The van der Waals surface area contributed by atoms with Crippen molar-refractivity contribution in [2.24, 2.45) is 0 Å². The first-order chi connectivity index (χ1) is 13.4. The van der Waals surface area contributed by atoms with Gasteiger partial charge in [0.15, 0.2) is 0 Å². The predicted molar refractivity (Wildman–Crippen MR) is 108 cm³/mol. The minimum atomic E-state index is -0.947. The van der Waals surface area contributed by atoms with Crippen molar-refractivity contribution in [3.05, 3.63) is 77.0 Å². The Kier molecular flexibility index (Phi) is 5.32. The molecule has 2 amide bonds. The highest BCUT2D eigenvalue weighted by molar-refractivity contribution is 6.10. The van der Waals surface area contributed by atoms with E-state index in [0.717, 1.165) is 5.56 Å². The second kappa shape index (κ2) is 7.69. The number of hydrogen-bond donors (Lipinski definition) is 1. The number of nitrogens with zero attached hydrogens (tertiary/aromatic N) is 2. The number of rotatable bonds is 4. The van der Waals surface area contributed by atoms with E-state index in [0.29, 0.717) is 29.5 Å². The molecule has 1 aliphatic rings. The largest absolute Gasteiger partial charge is 0.325 e. The molecular weight excluding hydrogens is 350 g/mol. The molecule has 0 aliphatic carbocycles. The second-order valence-corrected chi connectivity index (χ2v) is 7.02. The summed E-state index contributed by atoms with van der Waals surface area (Å²) < 4.78 is 0. The summed E-state index contributed by atoms with van der Waals surface area (Å²) in [7, 11) is 1.68. The van der Waals surface area contributed by atoms with Crippen LogP contribution >= 0.6 is 0 Å². The zero-order chi connectivity index (χ0) is 20.3. The van der Waals surface area contributed by atoms with Crippen LogP contribution in [0.2, 0.25) is 0 Å². The molecule has 3 rings (SSSR count). The minimum absolute atomic E-state index is 0.204. The molecule has 1 unspecified atom stereocenters. The molecule has 142 valence electrons. The van der Waals surface area contributed by atoms with Gasteiger partial charge in [0.1, 0.15) is 11.2 Å². The third-order valence-corrected chi connectivity index (χ3v) is 5.57. The van der Waals surface area contributed by atoms with Crippen LogP contribution < -0.4 is 5.32 Å². The average molecular weight is 373 g/mol. The molecule has 0 spiro atoms. The molecule has 1 heterocycles. The van der Waals surface area contributed by atoms with Gasteiger partial charge in [-0.1, -0.05) is 55.5 Å². The molecule has 2 aromatic rings. The Bertz CT molecular complexity index is 988. The molecule has 0 saturated carbocycles. The first kappa shape index (κ1) is 19.4. The van der Waals surface area contributed by atoms with Gasteiger partial charge in [0.2, 0.25) is 0 Å². The normalized spacial score (nSPS) is 21.1. The lowest BCUT2D eigenvalue weighted by atomic mass is 9.83. The highest BCUT2D eigenvalue weighted by atomic mass is 16.2. The lowest BCUT2D eigenvalue weighted by molar-refractivity contribution is -0.148. The highest BCUT2D eigenvalue weighted by Crippen LogP contribution is 2.32. The molecule has 0 bridgehead atoms. The van der Waals surface area contributed by atoms with Crippen molar-refractivity contribution in [2.75, 3.05) is 7.05 Å². The summed E-state index contributed by atoms with van der Waals surface area (Å²) in [5, 5.41) is 12.2. The summed E-state index contributed by atoms with van der Waals surface area (Å²) in [6, 6.07) is 18.9. The van der Waals surface area contributed by atoms with E-state index in [9.17, 15) is 14.9 Å².